The van der Waals surface area contributed by atoms with Gasteiger partial charge in [0.2, 0.25) is 5.91 Å². The van der Waals surface area contributed by atoms with Gasteiger partial charge in [-0.2, -0.15) is 0 Å². The average molecular weight is 352 g/mol. The lowest BCUT2D eigenvalue weighted by Crippen LogP contribution is -2.52. The molecule has 9 heteroatoms. The molecule has 0 atom stereocenters. The van der Waals surface area contributed by atoms with E-state index in [4.69, 9.17) is 15.2 Å². The normalized spacial score (nSPS) is 14.7. The summed E-state index contributed by atoms with van der Waals surface area (Å²) in [6.45, 7) is 4.79. The lowest BCUT2D eigenvalue weighted by molar-refractivity contribution is -0.150. The minimum absolute atomic E-state index is 0. The Bertz CT molecular complexity index is 400. The quantitative estimate of drug-likeness (QED) is 0.694. The zero-order valence-electron chi connectivity index (χ0n) is 13.7. The second kappa shape index (κ2) is 11.1. The number of carbonyl (C=O) groups excluding carboxylic acids is 3. The molecule has 1 saturated heterocycles. The summed E-state index contributed by atoms with van der Waals surface area (Å²) in [5.74, 6) is -0.736. The molecule has 1 fully saturated rings. The fourth-order valence-electron chi connectivity index (χ4n) is 2.46. The Morgan fingerprint density at radius 3 is 2.17 bits per heavy atom. The van der Waals surface area contributed by atoms with Crippen molar-refractivity contribution < 1.29 is 23.9 Å². The second-order valence-electron chi connectivity index (χ2n) is 4.95. The molecule has 0 aromatic carbocycles. The van der Waals surface area contributed by atoms with Crippen molar-refractivity contribution in [2.75, 3.05) is 39.4 Å². The van der Waals surface area contributed by atoms with Crippen LogP contribution in [0, 0.1) is 0 Å². The van der Waals surface area contributed by atoms with Crippen molar-refractivity contribution in [2.45, 2.75) is 32.7 Å². The van der Waals surface area contributed by atoms with Crippen LogP contribution in [0.25, 0.3) is 0 Å². The smallest absolute Gasteiger partial charge is 0.409 e. The molecule has 1 heterocycles. The average Bonchev–Trinajstić information content (AvgIpc) is 2.52. The van der Waals surface area contributed by atoms with Gasteiger partial charge in [0.15, 0.2) is 0 Å². The van der Waals surface area contributed by atoms with Crippen LogP contribution in [0.4, 0.5) is 4.79 Å². The van der Waals surface area contributed by atoms with Gasteiger partial charge in [-0.3, -0.25) is 9.59 Å². The molecule has 2 N–H and O–H groups in total. The van der Waals surface area contributed by atoms with E-state index in [2.05, 4.69) is 0 Å². The predicted molar refractivity (Wildman–Crippen MR) is 86.3 cm³/mol. The van der Waals surface area contributed by atoms with E-state index >= 15 is 0 Å². The third kappa shape index (κ3) is 6.62. The van der Waals surface area contributed by atoms with Crippen molar-refractivity contribution in [1.29, 1.82) is 0 Å². The molecule has 23 heavy (non-hydrogen) atoms. The highest BCUT2D eigenvalue weighted by atomic mass is 35.5. The monoisotopic (exact) mass is 351 g/mol. The topological polar surface area (TPSA) is 102 Å². The van der Waals surface area contributed by atoms with Crippen molar-refractivity contribution in [3.05, 3.63) is 0 Å². The first kappa shape index (κ1) is 21.5. The number of piperidine rings is 1. The Hall–Kier alpha value is -1.54. The number of amides is 2. The van der Waals surface area contributed by atoms with E-state index in [-0.39, 0.29) is 50.1 Å². The summed E-state index contributed by atoms with van der Waals surface area (Å²) in [7, 11) is 0. The van der Waals surface area contributed by atoms with Crippen LogP contribution in [0.3, 0.4) is 0 Å². The lowest BCUT2D eigenvalue weighted by Gasteiger charge is -2.37. The van der Waals surface area contributed by atoms with Gasteiger partial charge in [0, 0.05) is 19.1 Å². The molecule has 134 valence electrons. The first-order valence-electron chi connectivity index (χ1n) is 7.60. The Morgan fingerprint density at radius 2 is 1.70 bits per heavy atom. The molecule has 0 radical (unpaired) electrons. The first-order chi connectivity index (χ1) is 10.5. The minimum atomic E-state index is -0.447. The van der Waals surface area contributed by atoms with Crippen LogP contribution in [0.2, 0.25) is 0 Å². The first-order valence-corrected chi connectivity index (χ1v) is 7.60. The minimum Gasteiger partial charge on any atom is -0.465 e. The van der Waals surface area contributed by atoms with Crippen molar-refractivity contribution in [1.82, 2.24) is 9.80 Å². The number of hydrogen-bond donors (Lipinski definition) is 1. The van der Waals surface area contributed by atoms with Crippen LogP contribution in [0.1, 0.15) is 26.7 Å². The molecule has 8 nitrogen and oxygen atoms in total. The largest absolute Gasteiger partial charge is 0.465 e. The molecule has 0 spiro atoms. The molecule has 1 rings (SSSR count). The number of carbonyl (C=O) groups is 3. The highest BCUT2D eigenvalue weighted by molar-refractivity contribution is 5.85. The molecular weight excluding hydrogens is 326 g/mol. The molecule has 0 unspecified atom stereocenters. The highest BCUT2D eigenvalue weighted by Gasteiger charge is 2.31. The van der Waals surface area contributed by atoms with Crippen molar-refractivity contribution >= 4 is 30.4 Å². The number of halogens is 1. The summed E-state index contributed by atoms with van der Waals surface area (Å²) in [4.78, 5) is 38.3. The Morgan fingerprint density at radius 1 is 1.13 bits per heavy atom. The summed E-state index contributed by atoms with van der Waals surface area (Å²) in [6, 6.07) is -0.119. The van der Waals surface area contributed by atoms with E-state index in [9.17, 15) is 14.4 Å². The van der Waals surface area contributed by atoms with Crippen LogP contribution < -0.4 is 5.73 Å². The van der Waals surface area contributed by atoms with Crippen molar-refractivity contribution in [2.24, 2.45) is 5.73 Å². The molecule has 0 aromatic heterocycles. The third-order valence-corrected chi connectivity index (χ3v) is 3.53. The summed E-state index contributed by atoms with van der Waals surface area (Å²) < 4.78 is 9.85. The van der Waals surface area contributed by atoms with Crippen LogP contribution in [-0.4, -0.2) is 73.2 Å². The SMILES string of the molecule is CCOC(=O)CN(C(=O)CN)C1CCN(C(=O)OCC)CC1.Cl. The van der Waals surface area contributed by atoms with Gasteiger partial charge < -0.3 is 25.0 Å². The van der Waals surface area contributed by atoms with Gasteiger partial charge in [-0.1, -0.05) is 0 Å². The van der Waals surface area contributed by atoms with E-state index in [1.54, 1.807) is 18.7 Å². The lowest BCUT2D eigenvalue weighted by atomic mass is 10.0. The van der Waals surface area contributed by atoms with Gasteiger partial charge in [-0.05, 0) is 26.7 Å². The Labute approximate surface area is 142 Å². The highest BCUT2D eigenvalue weighted by Crippen LogP contribution is 2.17. The summed E-state index contributed by atoms with van der Waals surface area (Å²) in [6.07, 6.45) is 0.830. The van der Waals surface area contributed by atoms with Gasteiger partial charge >= 0.3 is 12.1 Å². The maximum absolute atomic E-state index is 12.0. The molecule has 0 saturated carbocycles. The molecule has 0 aromatic rings. The maximum atomic E-state index is 12.0. The van der Waals surface area contributed by atoms with Gasteiger partial charge in [0.05, 0.1) is 19.8 Å². The van der Waals surface area contributed by atoms with Gasteiger partial charge in [0.25, 0.3) is 0 Å². The Balaban J connectivity index is 0.00000484. The summed E-state index contributed by atoms with van der Waals surface area (Å²) in [5.41, 5.74) is 5.42. The molecular formula is C14H26ClN3O5. The number of nitrogens with two attached hydrogens (primary N) is 1. The molecule has 1 aliphatic heterocycles. The fraction of sp³-hybridized carbons (Fsp3) is 0.786. The number of nitrogens with zero attached hydrogens (tertiary/aromatic N) is 2. The van der Waals surface area contributed by atoms with E-state index < -0.39 is 5.97 Å². The standard InChI is InChI=1S/C14H25N3O5.ClH/c1-3-21-13(19)10-17(12(18)9-15)11-5-7-16(8-6-11)14(20)22-4-2;/h11H,3-10,15H2,1-2H3;1H. The number of hydrogen-bond acceptors (Lipinski definition) is 6. The molecule has 2 amide bonds. The molecule has 0 aliphatic carbocycles. The summed E-state index contributed by atoms with van der Waals surface area (Å²) in [5, 5.41) is 0. The summed E-state index contributed by atoms with van der Waals surface area (Å²) >= 11 is 0. The zero-order chi connectivity index (χ0) is 16.5. The van der Waals surface area contributed by atoms with Crippen LogP contribution >= 0.6 is 12.4 Å². The fourth-order valence-corrected chi connectivity index (χ4v) is 2.46. The second-order valence-corrected chi connectivity index (χ2v) is 4.95. The third-order valence-electron chi connectivity index (χ3n) is 3.53. The molecule has 0 bridgehead atoms. The van der Waals surface area contributed by atoms with Crippen molar-refractivity contribution in [3.8, 4) is 0 Å². The van der Waals surface area contributed by atoms with Crippen molar-refractivity contribution in [3.63, 3.8) is 0 Å². The van der Waals surface area contributed by atoms with Gasteiger partial charge in [-0.15, -0.1) is 12.4 Å². The van der Waals surface area contributed by atoms with Crippen LogP contribution in [-0.2, 0) is 19.1 Å². The number of esters is 1. The van der Waals surface area contributed by atoms with E-state index in [0.717, 1.165) is 0 Å². The zero-order valence-corrected chi connectivity index (χ0v) is 14.5. The number of likely N-dealkylation sites (tertiary alicyclic amines) is 1. The maximum Gasteiger partial charge on any atom is 0.409 e. The molecule has 1 aliphatic rings. The predicted octanol–water partition coefficient (Wildman–Crippen LogP) is 0.380. The number of ether oxygens (including phenoxy) is 2. The van der Waals surface area contributed by atoms with Crippen LogP contribution in [0.5, 0.6) is 0 Å². The van der Waals surface area contributed by atoms with Gasteiger partial charge in [0.1, 0.15) is 6.54 Å². The Kier molecular flexibility index (Phi) is 10.3. The van der Waals surface area contributed by atoms with E-state index in [1.807, 2.05) is 0 Å². The van der Waals surface area contributed by atoms with E-state index in [1.165, 1.54) is 4.90 Å². The van der Waals surface area contributed by atoms with E-state index in [0.29, 0.717) is 32.5 Å². The van der Waals surface area contributed by atoms with Gasteiger partial charge in [-0.25, -0.2) is 4.79 Å². The van der Waals surface area contributed by atoms with Crippen LogP contribution in [0.15, 0.2) is 0 Å². The number of rotatable bonds is 6.